The predicted octanol–water partition coefficient (Wildman–Crippen LogP) is 0.938. The second-order valence-electron chi connectivity index (χ2n) is 10.2. The van der Waals surface area contributed by atoms with Crippen LogP contribution in [-0.4, -0.2) is 102 Å². The number of phenolic OH excluding ortho intramolecular Hbond substituents is 1. The van der Waals surface area contributed by atoms with E-state index in [2.05, 4.69) is 15.2 Å². The van der Waals surface area contributed by atoms with Crippen LogP contribution in [-0.2, 0) is 9.53 Å². The van der Waals surface area contributed by atoms with Gasteiger partial charge in [0.25, 0.3) is 5.91 Å². The molecule has 5 rings (SSSR count). The van der Waals surface area contributed by atoms with Crippen molar-refractivity contribution in [1.29, 1.82) is 0 Å². The van der Waals surface area contributed by atoms with E-state index in [0.717, 1.165) is 5.69 Å². The van der Waals surface area contributed by atoms with Gasteiger partial charge in [-0.1, -0.05) is 17.3 Å². The van der Waals surface area contributed by atoms with Crippen molar-refractivity contribution in [2.45, 2.75) is 56.4 Å². The minimum Gasteiger partial charge on any atom is -0.508 e. The number of aliphatic hydroxyl groups excluding tert-OH is 3. The first kappa shape index (κ1) is 27.0. The molecule has 2 fully saturated rings. The van der Waals surface area contributed by atoms with Gasteiger partial charge in [-0.25, -0.2) is 9.07 Å². The zero-order valence-corrected chi connectivity index (χ0v) is 21.6. The van der Waals surface area contributed by atoms with E-state index in [0.29, 0.717) is 24.3 Å². The first-order valence-electron chi connectivity index (χ1n) is 12.8. The molecule has 0 bridgehead atoms. The van der Waals surface area contributed by atoms with Crippen LogP contribution < -0.4 is 4.90 Å². The van der Waals surface area contributed by atoms with Crippen LogP contribution in [0.5, 0.6) is 5.75 Å². The molecule has 2 aliphatic rings. The molecule has 0 spiro atoms. The molecule has 1 amide bonds. The predicted molar refractivity (Wildman–Crippen MR) is 138 cm³/mol. The number of carbonyl (C=O) groups is 1. The van der Waals surface area contributed by atoms with E-state index in [1.807, 2.05) is 26.0 Å². The molecular formula is C27H32FN5O6. The number of ether oxygens (including phenoxy) is 1. The summed E-state index contributed by atoms with van der Waals surface area (Å²) in [5.74, 6) is -0.747. The summed E-state index contributed by atoms with van der Waals surface area (Å²) in [6.45, 7) is 4.14. The number of hydrogen-bond acceptors (Lipinski definition) is 9. The van der Waals surface area contributed by atoms with Crippen molar-refractivity contribution in [2.75, 3.05) is 24.6 Å². The lowest BCUT2D eigenvalue weighted by molar-refractivity contribution is -0.212. The first-order chi connectivity index (χ1) is 18.7. The van der Waals surface area contributed by atoms with Gasteiger partial charge in [0.05, 0.1) is 12.8 Å². The highest BCUT2D eigenvalue weighted by Gasteiger charge is 2.50. The number of carbonyl (C=O) groups excluding carboxylic acids is 1. The van der Waals surface area contributed by atoms with E-state index in [4.69, 9.17) is 4.74 Å². The second-order valence-corrected chi connectivity index (χ2v) is 10.2. The Morgan fingerprint density at radius 3 is 2.51 bits per heavy atom. The quantitative estimate of drug-likeness (QED) is 0.371. The van der Waals surface area contributed by atoms with Crippen molar-refractivity contribution in [2.24, 2.45) is 0 Å². The molecule has 0 radical (unpaired) electrons. The Kier molecular flexibility index (Phi) is 7.54. The van der Waals surface area contributed by atoms with Crippen LogP contribution in [0.4, 0.5) is 10.1 Å². The van der Waals surface area contributed by atoms with Crippen molar-refractivity contribution >= 4 is 11.6 Å². The minimum absolute atomic E-state index is 0.0745. The van der Waals surface area contributed by atoms with Gasteiger partial charge in [-0.3, -0.25) is 4.79 Å². The number of nitrogens with zero attached hydrogens (tertiary/aromatic N) is 5. The number of amides is 1. The average Bonchev–Trinajstić information content (AvgIpc) is 3.40. The van der Waals surface area contributed by atoms with E-state index >= 15 is 0 Å². The maximum atomic E-state index is 13.8. The van der Waals surface area contributed by atoms with Gasteiger partial charge < -0.3 is 35.0 Å². The molecule has 11 nitrogen and oxygen atoms in total. The second kappa shape index (κ2) is 10.9. The molecule has 1 aromatic heterocycles. The molecule has 39 heavy (non-hydrogen) atoms. The third kappa shape index (κ3) is 5.20. The maximum absolute atomic E-state index is 13.8. The van der Waals surface area contributed by atoms with Crippen LogP contribution in [0.3, 0.4) is 0 Å². The number of hydrogen-bond donors (Lipinski definition) is 4. The molecule has 4 N–H and O–H groups in total. The van der Waals surface area contributed by atoms with Crippen LogP contribution in [0.2, 0.25) is 0 Å². The van der Waals surface area contributed by atoms with Gasteiger partial charge >= 0.3 is 0 Å². The van der Waals surface area contributed by atoms with Crippen molar-refractivity contribution in [3.8, 4) is 17.0 Å². The largest absolute Gasteiger partial charge is 0.508 e. The summed E-state index contributed by atoms with van der Waals surface area (Å²) in [5.41, 5.74) is 1.69. The molecule has 0 aliphatic carbocycles. The number of aromatic nitrogens is 3. The van der Waals surface area contributed by atoms with Gasteiger partial charge in [-0.05, 0) is 50.2 Å². The Balaban J connectivity index is 1.37. The summed E-state index contributed by atoms with van der Waals surface area (Å²) in [6.07, 6.45) is -3.96. The first-order valence-corrected chi connectivity index (χ1v) is 12.8. The SMILES string of the molecule is C[C@@H]1CN(c2ccc(O)cc2)[C@@H](C)CN1C(=O)[C@@H]1O[C@H](CO)[C@H](O)[C@H](n2cc(-c3cccc(F)c3)nn2)[C@H]1O. The Hall–Kier alpha value is -3.58. The number of benzene rings is 2. The lowest BCUT2D eigenvalue weighted by Gasteiger charge is -2.48. The zero-order chi connectivity index (χ0) is 27.8. The smallest absolute Gasteiger partial charge is 0.254 e. The Bertz CT molecular complexity index is 1310. The van der Waals surface area contributed by atoms with Crippen molar-refractivity contribution in [1.82, 2.24) is 19.9 Å². The summed E-state index contributed by atoms with van der Waals surface area (Å²) < 4.78 is 20.7. The molecule has 12 heteroatoms. The summed E-state index contributed by atoms with van der Waals surface area (Å²) in [6, 6.07) is 11.2. The van der Waals surface area contributed by atoms with E-state index in [-0.39, 0.29) is 17.8 Å². The van der Waals surface area contributed by atoms with Gasteiger partial charge in [0, 0.05) is 36.4 Å². The number of rotatable bonds is 5. The van der Waals surface area contributed by atoms with Gasteiger partial charge in [0.2, 0.25) is 0 Å². The van der Waals surface area contributed by atoms with E-state index < -0.39 is 48.8 Å². The van der Waals surface area contributed by atoms with Gasteiger partial charge in [-0.15, -0.1) is 5.10 Å². The monoisotopic (exact) mass is 541 g/mol. The summed E-state index contributed by atoms with van der Waals surface area (Å²) in [4.78, 5) is 17.5. The fourth-order valence-electron chi connectivity index (χ4n) is 5.42. The molecule has 2 aromatic carbocycles. The molecule has 7 atom stereocenters. The fraction of sp³-hybridized carbons (Fsp3) is 0.444. The van der Waals surface area contributed by atoms with Crippen molar-refractivity contribution < 1.29 is 34.3 Å². The highest BCUT2D eigenvalue weighted by molar-refractivity contribution is 5.82. The molecule has 3 heterocycles. The maximum Gasteiger partial charge on any atom is 0.254 e. The molecule has 0 saturated carbocycles. The van der Waals surface area contributed by atoms with Crippen LogP contribution in [0.25, 0.3) is 11.3 Å². The molecule has 0 unspecified atom stereocenters. The Morgan fingerprint density at radius 2 is 1.82 bits per heavy atom. The Morgan fingerprint density at radius 1 is 1.08 bits per heavy atom. The lowest BCUT2D eigenvalue weighted by atomic mass is 9.91. The minimum atomic E-state index is -1.50. The van der Waals surface area contributed by atoms with Crippen LogP contribution in [0, 0.1) is 5.82 Å². The summed E-state index contributed by atoms with van der Waals surface area (Å²) in [5, 5.41) is 49.8. The number of anilines is 1. The van der Waals surface area contributed by atoms with Crippen LogP contribution >= 0.6 is 0 Å². The molecule has 2 saturated heterocycles. The number of aliphatic hydroxyl groups is 3. The molecule has 2 aliphatic heterocycles. The molecular weight excluding hydrogens is 509 g/mol. The van der Waals surface area contributed by atoms with E-state index in [1.54, 1.807) is 23.1 Å². The fourth-order valence-corrected chi connectivity index (χ4v) is 5.42. The number of halogens is 1. The van der Waals surface area contributed by atoms with Gasteiger partial charge in [-0.2, -0.15) is 0 Å². The number of aromatic hydroxyl groups is 1. The Labute approximate surface area is 224 Å². The van der Waals surface area contributed by atoms with E-state index in [9.17, 15) is 29.6 Å². The lowest BCUT2D eigenvalue weighted by Crippen LogP contribution is -2.65. The normalized spacial score (nSPS) is 29.4. The van der Waals surface area contributed by atoms with Crippen LogP contribution in [0.15, 0.2) is 54.7 Å². The average molecular weight is 542 g/mol. The molecule has 3 aromatic rings. The topological polar surface area (TPSA) is 144 Å². The molecule has 208 valence electrons. The van der Waals surface area contributed by atoms with Gasteiger partial charge in [0.1, 0.15) is 41.6 Å². The van der Waals surface area contributed by atoms with Crippen molar-refractivity contribution in [3.05, 3.63) is 60.5 Å². The third-order valence-electron chi connectivity index (χ3n) is 7.52. The number of phenols is 1. The zero-order valence-electron chi connectivity index (χ0n) is 21.6. The van der Waals surface area contributed by atoms with Gasteiger partial charge in [0.15, 0.2) is 6.10 Å². The standard InChI is InChI=1S/C27H32FN5O6/c1-15-12-32(16(2)11-31(15)19-6-8-20(35)9-7-19)27(38)26-25(37)23(24(36)22(14-34)39-26)33-13-21(29-30-33)17-4-3-5-18(28)10-17/h3-10,13,15-16,22-26,34-37H,11-12,14H2,1-2H3/t15-,16+,22+,23-,24-,25+,26+/m0/s1. The highest BCUT2D eigenvalue weighted by atomic mass is 19.1. The highest BCUT2D eigenvalue weighted by Crippen LogP contribution is 2.33. The van der Waals surface area contributed by atoms with Crippen molar-refractivity contribution in [3.63, 3.8) is 0 Å². The summed E-state index contributed by atoms with van der Waals surface area (Å²) in [7, 11) is 0. The third-order valence-corrected chi connectivity index (χ3v) is 7.52. The summed E-state index contributed by atoms with van der Waals surface area (Å²) >= 11 is 0. The van der Waals surface area contributed by atoms with Crippen LogP contribution in [0.1, 0.15) is 19.9 Å². The number of piperazine rings is 1. The van der Waals surface area contributed by atoms with E-state index in [1.165, 1.54) is 29.1 Å².